The van der Waals surface area contributed by atoms with Crippen molar-refractivity contribution in [3.8, 4) is 0 Å². The maximum absolute atomic E-state index is 12.3. The van der Waals surface area contributed by atoms with E-state index in [1.165, 1.54) is 12.8 Å². The zero-order valence-electron chi connectivity index (χ0n) is 13.5. The molecule has 7 nitrogen and oxygen atoms in total. The Morgan fingerprint density at radius 3 is 2.75 bits per heavy atom. The molecule has 2 aromatic rings. The minimum absolute atomic E-state index is 0. The Labute approximate surface area is 142 Å². The second-order valence-electron chi connectivity index (χ2n) is 5.58. The summed E-state index contributed by atoms with van der Waals surface area (Å²) in [5, 5.41) is 13.8. The SMILES string of the molecule is CNc1nc(N2CCCC2)ccc1C(=N)C(=O)Nc1cccnc1.[HH]. The lowest BCUT2D eigenvalue weighted by Crippen LogP contribution is -2.25. The van der Waals surface area contributed by atoms with E-state index in [1.807, 2.05) is 6.07 Å². The molecule has 0 unspecified atom stereocenters. The molecule has 1 amide bonds. The Morgan fingerprint density at radius 2 is 2.08 bits per heavy atom. The summed E-state index contributed by atoms with van der Waals surface area (Å²) in [4.78, 5) is 23.0. The Balaban J connectivity index is 0.00000225. The largest absolute Gasteiger partial charge is 0.373 e. The zero-order valence-corrected chi connectivity index (χ0v) is 13.5. The van der Waals surface area contributed by atoms with Crippen molar-refractivity contribution in [3.05, 3.63) is 42.2 Å². The van der Waals surface area contributed by atoms with Gasteiger partial charge < -0.3 is 15.5 Å². The number of hydrogen-bond donors (Lipinski definition) is 3. The van der Waals surface area contributed by atoms with Gasteiger partial charge in [-0.3, -0.25) is 15.2 Å². The molecule has 1 aliphatic rings. The Morgan fingerprint density at radius 1 is 1.29 bits per heavy atom. The summed E-state index contributed by atoms with van der Waals surface area (Å²) in [5.41, 5.74) is 0.894. The number of carbonyl (C=O) groups is 1. The van der Waals surface area contributed by atoms with Gasteiger partial charge in [-0.15, -0.1) is 0 Å². The van der Waals surface area contributed by atoms with Crippen LogP contribution in [0.3, 0.4) is 0 Å². The van der Waals surface area contributed by atoms with E-state index in [-0.39, 0.29) is 7.14 Å². The lowest BCUT2D eigenvalue weighted by Gasteiger charge is -2.18. The number of nitrogens with zero attached hydrogens (tertiary/aromatic N) is 3. The molecule has 7 heteroatoms. The first-order chi connectivity index (χ1) is 11.7. The van der Waals surface area contributed by atoms with Gasteiger partial charge in [-0.1, -0.05) is 0 Å². The fourth-order valence-electron chi connectivity index (χ4n) is 2.72. The number of amides is 1. The molecule has 3 rings (SSSR count). The van der Waals surface area contributed by atoms with Crippen molar-refractivity contribution in [1.29, 1.82) is 5.41 Å². The van der Waals surface area contributed by atoms with E-state index in [9.17, 15) is 4.79 Å². The van der Waals surface area contributed by atoms with Crippen LogP contribution in [0.15, 0.2) is 36.7 Å². The van der Waals surface area contributed by atoms with E-state index in [0.29, 0.717) is 17.1 Å². The first kappa shape index (κ1) is 15.9. The summed E-state index contributed by atoms with van der Waals surface area (Å²) < 4.78 is 0. The fourth-order valence-corrected chi connectivity index (χ4v) is 2.72. The Bertz CT molecular complexity index is 746. The molecule has 0 radical (unpaired) electrons. The molecular weight excluding hydrogens is 304 g/mol. The molecule has 3 heterocycles. The molecule has 0 aliphatic carbocycles. The predicted molar refractivity (Wildman–Crippen MR) is 97.0 cm³/mol. The minimum atomic E-state index is -0.491. The maximum Gasteiger partial charge on any atom is 0.274 e. The molecule has 2 aromatic heterocycles. The highest BCUT2D eigenvalue weighted by molar-refractivity contribution is 6.48. The van der Waals surface area contributed by atoms with Gasteiger partial charge in [0.05, 0.1) is 11.9 Å². The molecule has 0 bridgehead atoms. The molecule has 0 spiro atoms. The highest BCUT2D eigenvalue weighted by Crippen LogP contribution is 2.23. The van der Waals surface area contributed by atoms with Crippen LogP contribution in [0.4, 0.5) is 17.3 Å². The number of nitrogens with one attached hydrogen (secondary N) is 3. The summed E-state index contributed by atoms with van der Waals surface area (Å²) >= 11 is 0. The van der Waals surface area contributed by atoms with Gasteiger partial charge in [-0.2, -0.15) is 0 Å². The summed E-state index contributed by atoms with van der Waals surface area (Å²) in [6.07, 6.45) is 5.50. The first-order valence-electron chi connectivity index (χ1n) is 7.93. The summed E-state index contributed by atoms with van der Waals surface area (Å²) in [6.45, 7) is 1.99. The average Bonchev–Trinajstić information content (AvgIpc) is 3.16. The van der Waals surface area contributed by atoms with Crippen LogP contribution in [-0.2, 0) is 4.79 Å². The second-order valence-corrected chi connectivity index (χ2v) is 5.58. The molecule has 0 aromatic carbocycles. The first-order valence-corrected chi connectivity index (χ1v) is 7.93. The van der Waals surface area contributed by atoms with E-state index >= 15 is 0 Å². The van der Waals surface area contributed by atoms with E-state index in [0.717, 1.165) is 18.9 Å². The van der Waals surface area contributed by atoms with Crippen molar-refractivity contribution in [3.63, 3.8) is 0 Å². The summed E-state index contributed by atoms with van der Waals surface area (Å²) in [6, 6.07) is 7.10. The lowest BCUT2D eigenvalue weighted by atomic mass is 10.1. The summed E-state index contributed by atoms with van der Waals surface area (Å²) in [5.74, 6) is 0.919. The number of hydrogen-bond acceptors (Lipinski definition) is 6. The van der Waals surface area contributed by atoms with Gasteiger partial charge in [-0.25, -0.2) is 4.98 Å². The van der Waals surface area contributed by atoms with E-state index in [1.54, 1.807) is 37.6 Å². The summed E-state index contributed by atoms with van der Waals surface area (Å²) in [7, 11) is 1.74. The van der Waals surface area contributed by atoms with Gasteiger partial charge in [0.2, 0.25) is 0 Å². The van der Waals surface area contributed by atoms with Crippen molar-refractivity contribution in [1.82, 2.24) is 9.97 Å². The van der Waals surface area contributed by atoms with Crippen LogP contribution in [-0.4, -0.2) is 41.7 Å². The molecular formula is C17H22N6O. The van der Waals surface area contributed by atoms with Crippen LogP contribution in [0.2, 0.25) is 0 Å². The van der Waals surface area contributed by atoms with Gasteiger partial charge in [0.15, 0.2) is 0 Å². The highest BCUT2D eigenvalue weighted by Gasteiger charge is 2.19. The monoisotopic (exact) mass is 326 g/mol. The van der Waals surface area contributed by atoms with Crippen molar-refractivity contribution < 1.29 is 6.22 Å². The normalized spacial score (nSPS) is 13.6. The zero-order chi connectivity index (χ0) is 16.9. The predicted octanol–water partition coefficient (Wildman–Crippen LogP) is 2.37. The Hall–Kier alpha value is -2.96. The molecule has 24 heavy (non-hydrogen) atoms. The number of anilines is 3. The lowest BCUT2D eigenvalue weighted by molar-refractivity contribution is -0.110. The van der Waals surface area contributed by atoms with Gasteiger partial charge in [0.1, 0.15) is 17.3 Å². The fraction of sp³-hybridized carbons (Fsp3) is 0.294. The quantitative estimate of drug-likeness (QED) is 0.733. The molecule has 0 atom stereocenters. The van der Waals surface area contributed by atoms with Gasteiger partial charge in [-0.05, 0) is 37.1 Å². The van der Waals surface area contributed by atoms with Gasteiger partial charge >= 0.3 is 0 Å². The third-order valence-corrected chi connectivity index (χ3v) is 3.96. The highest BCUT2D eigenvalue weighted by atomic mass is 16.1. The number of carbonyl (C=O) groups excluding carboxylic acids is 1. The smallest absolute Gasteiger partial charge is 0.274 e. The molecule has 0 saturated carbocycles. The third kappa shape index (κ3) is 3.34. The molecule has 1 aliphatic heterocycles. The van der Waals surface area contributed by atoms with Crippen molar-refractivity contribution in [2.45, 2.75) is 12.8 Å². The molecule has 1 fully saturated rings. The number of pyridine rings is 2. The van der Waals surface area contributed by atoms with Crippen LogP contribution >= 0.6 is 0 Å². The van der Waals surface area contributed by atoms with E-state index in [2.05, 4.69) is 25.5 Å². The van der Waals surface area contributed by atoms with Gasteiger partial charge in [0.25, 0.3) is 5.91 Å². The van der Waals surface area contributed by atoms with Crippen LogP contribution in [0.25, 0.3) is 0 Å². The Kier molecular flexibility index (Phi) is 4.69. The van der Waals surface area contributed by atoms with Crippen LogP contribution < -0.4 is 15.5 Å². The topological polar surface area (TPSA) is 94.0 Å². The van der Waals surface area contributed by atoms with Crippen molar-refractivity contribution >= 4 is 28.9 Å². The van der Waals surface area contributed by atoms with Crippen LogP contribution in [0.1, 0.15) is 19.8 Å². The van der Waals surface area contributed by atoms with Gasteiger partial charge in [0, 0.05) is 33.3 Å². The standard InChI is InChI=1S/C17H20N6O.H2/c1-19-16-13(6-7-14(22-16)23-9-2-3-10-23)15(18)17(24)21-12-5-4-8-20-11-12;/h4-8,11,18H,2-3,9-10H2,1H3,(H,19,22)(H,21,24);1H. The second kappa shape index (κ2) is 7.08. The molecule has 1 saturated heterocycles. The van der Waals surface area contributed by atoms with E-state index in [4.69, 9.17) is 5.41 Å². The van der Waals surface area contributed by atoms with Crippen molar-refractivity contribution in [2.24, 2.45) is 0 Å². The maximum atomic E-state index is 12.3. The number of rotatable bonds is 5. The van der Waals surface area contributed by atoms with Crippen LogP contribution in [0.5, 0.6) is 0 Å². The molecule has 3 N–H and O–H groups in total. The van der Waals surface area contributed by atoms with Crippen LogP contribution in [0, 0.1) is 5.41 Å². The minimum Gasteiger partial charge on any atom is -0.373 e. The third-order valence-electron chi connectivity index (χ3n) is 3.96. The number of aromatic nitrogens is 2. The molecule has 126 valence electrons. The average molecular weight is 326 g/mol. The van der Waals surface area contributed by atoms with E-state index < -0.39 is 5.91 Å². The van der Waals surface area contributed by atoms with Crippen molar-refractivity contribution in [2.75, 3.05) is 35.7 Å².